The van der Waals surface area contributed by atoms with E-state index in [0.29, 0.717) is 0 Å². The zero-order chi connectivity index (χ0) is 12.1. The molecule has 94 valence electrons. The summed E-state index contributed by atoms with van der Waals surface area (Å²) in [7, 11) is 0. The van der Waals surface area contributed by atoms with Crippen LogP contribution in [-0.2, 0) is 4.79 Å². The van der Waals surface area contributed by atoms with Crippen molar-refractivity contribution in [2.24, 2.45) is 23.5 Å². The van der Waals surface area contributed by atoms with Gasteiger partial charge in [0.05, 0.1) is 6.04 Å². The highest BCUT2D eigenvalue weighted by molar-refractivity contribution is 5.80. The number of nitrogens with one attached hydrogen (secondary N) is 1. The first-order valence-corrected chi connectivity index (χ1v) is 6.53. The Morgan fingerprint density at radius 3 is 2.31 bits per heavy atom. The molecule has 1 aliphatic carbocycles. The van der Waals surface area contributed by atoms with E-state index < -0.39 is 0 Å². The van der Waals surface area contributed by atoms with E-state index in [4.69, 9.17) is 5.73 Å². The molecule has 1 saturated carbocycles. The van der Waals surface area contributed by atoms with Crippen LogP contribution in [0.25, 0.3) is 0 Å². The van der Waals surface area contributed by atoms with E-state index in [0.717, 1.165) is 18.4 Å². The quantitative estimate of drug-likeness (QED) is 0.752. The van der Waals surface area contributed by atoms with E-state index in [-0.39, 0.29) is 17.9 Å². The van der Waals surface area contributed by atoms with E-state index in [2.05, 4.69) is 12.2 Å². The Labute approximate surface area is 99.2 Å². The van der Waals surface area contributed by atoms with Crippen LogP contribution in [-0.4, -0.2) is 18.5 Å². The van der Waals surface area contributed by atoms with Crippen LogP contribution >= 0.6 is 0 Å². The molecule has 0 aromatic carbocycles. The van der Waals surface area contributed by atoms with Crippen molar-refractivity contribution in [3.8, 4) is 0 Å². The van der Waals surface area contributed by atoms with Gasteiger partial charge >= 0.3 is 0 Å². The van der Waals surface area contributed by atoms with Gasteiger partial charge in [0.2, 0.25) is 5.91 Å². The summed E-state index contributed by atoms with van der Waals surface area (Å²) in [6.45, 7) is 7.33. The predicted octanol–water partition coefficient (Wildman–Crippen LogP) is 1.91. The summed E-state index contributed by atoms with van der Waals surface area (Å²) in [6, 6.07) is -0.167. The smallest absolute Gasteiger partial charge is 0.234 e. The molecular formula is C13H26N2O. The molecule has 1 fully saturated rings. The van der Waals surface area contributed by atoms with Crippen LogP contribution < -0.4 is 11.1 Å². The van der Waals surface area contributed by atoms with Gasteiger partial charge in [0.1, 0.15) is 0 Å². The molecule has 0 aliphatic heterocycles. The van der Waals surface area contributed by atoms with E-state index in [9.17, 15) is 4.79 Å². The molecule has 3 N–H and O–H groups in total. The highest BCUT2D eigenvalue weighted by Crippen LogP contribution is 2.27. The minimum Gasteiger partial charge on any atom is -0.368 e. The summed E-state index contributed by atoms with van der Waals surface area (Å²) in [5.74, 6) is 1.67. The number of hydrogen-bond acceptors (Lipinski definition) is 2. The van der Waals surface area contributed by atoms with Crippen molar-refractivity contribution in [2.45, 2.75) is 52.5 Å². The minimum absolute atomic E-state index is 0.167. The Morgan fingerprint density at radius 1 is 1.31 bits per heavy atom. The number of hydrogen-bond donors (Lipinski definition) is 2. The van der Waals surface area contributed by atoms with Gasteiger partial charge in [-0.2, -0.15) is 0 Å². The van der Waals surface area contributed by atoms with Gasteiger partial charge in [-0.1, -0.05) is 33.6 Å². The third kappa shape index (κ3) is 4.12. The molecule has 1 aliphatic rings. The first-order valence-electron chi connectivity index (χ1n) is 6.53. The topological polar surface area (TPSA) is 55.1 Å². The molecule has 0 saturated heterocycles. The third-order valence-corrected chi connectivity index (χ3v) is 3.74. The van der Waals surface area contributed by atoms with Crippen molar-refractivity contribution in [1.29, 1.82) is 0 Å². The summed E-state index contributed by atoms with van der Waals surface area (Å²) in [5, 5.41) is 3.33. The number of primary amides is 1. The van der Waals surface area contributed by atoms with Crippen LogP contribution in [0.3, 0.4) is 0 Å². The maximum atomic E-state index is 11.2. The number of carbonyl (C=O) groups is 1. The summed E-state index contributed by atoms with van der Waals surface area (Å²) >= 11 is 0. The van der Waals surface area contributed by atoms with Crippen molar-refractivity contribution in [2.75, 3.05) is 6.54 Å². The first-order chi connectivity index (χ1) is 7.50. The summed E-state index contributed by atoms with van der Waals surface area (Å²) in [4.78, 5) is 11.2. The van der Waals surface area contributed by atoms with Gasteiger partial charge in [-0.15, -0.1) is 0 Å². The van der Waals surface area contributed by atoms with Crippen molar-refractivity contribution < 1.29 is 4.79 Å². The number of amides is 1. The highest BCUT2D eigenvalue weighted by atomic mass is 16.1. The van der Waals surface area contributed by atoms with Crippen LogP contribution in [0.4, 0.5) is 0 Å². The molecule has 0 spiro atoms. The Kier molecular flexibility index (Phi) is 5.26. The second kappa shape index (κ2) is 6.24. The first kappa shape index (κ1) is 13.5. The second-order valence-corrected chi connectivity index (χ2v) is 5.66. The Hall–Kier alpha value is -0.570. The molecule has 16 heavy (non-hydrogen) atoms. The average molecular weight is 226 g/mol. The van der Waals surface area contributed by atoms with Gasteiger partial charge in [0, 0.05) is 0 Å². The van der Waals surface area contributed by atoms with Gasteiger partial charge in [-0.3, -0.25) is 4.79 Å². The lowest BCUT2D eigenvalue weighted by Gasteiger charge is -2.28. The van der Waals surface area contributed by atoms with Crippen molar-refractivity contribution in [3.05, 3.63) is 0 Å². The van der Waals surface area contributed by atoms with Gasteiger partial charge in [-0.25, -0.2) is 0 Å². The average Bonchev–Trinajstić information content (AvgIpc) is 2.20. The minimum atomic E-state index is -0.223. The molecule has 1 amide bonds. The Morgan fingerprint density at radius 2 is 1.88 bits per heavy atom. The van der Waals surface area contributed by atoms with Gasteiger partial charge < -0.3 is 11.1 Å². The molecule has 1 unspecified atom stereocenters. The molecule has 3 nitrogen and oxygen atoms in total. The van der Waals surface area contributed by atoms with Crippen molar-refractivity contribution in [3.63, 3.8) is 0 Å². The van der Waals surface area contributed by atoms with Crippen molar-refractivity contribution in [1.82, 2.24) is 5.32 Å². The van der Waals surface area contributed by atoms with Crippen LogP contribution in [0, 0.1) is 17.8 Å². The molecule has 0 aromatic heterocycles. The standard InChI is InChI=1S/C13H26N2O/c1-9(2)12(13(14)16)15-8-11-6-4-10(3)5-7-11/h9-12,15H,4-8H2,1-3H3,(H2,14,16). The molecule has 0 heterocycles. The van der Waals surface area contributed by atoms with Crippen LogP contribution in [0.1, 0.15) is 46.5 Å². The maximum Gasteiger partial charge on any atom is 0.234 e. The molecule has 0 aromatic rings. The van der Waals surface area contributed by atoms with Crippen LogP contribution in [0.5, 0.6) is 0 Å². The molecular weight excluding hydrogens is 200 g/mol. The van der Waals surface area contributed by atoms with E-state index >= 15 is 0 Å². The fourth-order valence-corrected chi connectivity index (χ4v) is 2.49. The lowest BCUT2D eigenvalue weighted by Crippen LogP contribution is -2.46. The molecule has 3 heteroatoms. The monoisotopic (exact) mass is 226 g/mol. The number of nitrogens with two attached hydrogens (primary N) is 1. The highest BCUT2D eigenvalue weighted by Gasteiger charge is 2.22. The fraction of sp³-hybridized carbons (Fsp3) is 0.923. The molecule has 0 bridgehead atoms. The van der Waals surface area contributed by atoms with Gasteiger partial charge in [0.15, 0.2) is 0 Å². The van der Waals surface area contributed by atoms with E-state index in [1.54, 1.807) is 0 Å². The molecule has 0 radical (unpaired) electrons. The summed E-state index contributed by atoms with van der Waals surface area (Å²) < 4.78 is 0. The van der Waals surface area contributed by atoms with Crippen LogP contribution in [0.15, 0.2) is 0 Å². The van der Waals surface area contributed by atoms with Crippen LogP contribution in [0.2, 0.25) is 0 Å². The lowest BCUT2D eigenvalue weighted by molar-refractivity contribution is -0.121. The number of rotatable bonds is 5. The van der Waals surface area contributed by atoms with Gasteiger partial charge in [-0.05, 0) is 37.1 Å². The second-order valence-electron chi connectivity index (χ2n) is 5.66. The Balaban J connectivity index is 2.29. The normalized spacial score (nSPS) is 28.0. The van der Waals surface area contributed by atoms with E-state index in [1.807, 2.05) is 13.8 Å². The fourth-order valence-electron chi connectivity index (χ4n) is 2.49. The maximum absolute atomic E-state index is 11.2. The predicted molar refractivity (Wildman–Crippen MR) is 66.9 cm³/mol. The lowest BCUT2D eigenvalue weighted by atomic mass is 9.83. The van der Waals surface area contributed by atoms with E-state index in [1.165, 1.54) is 25.7 Å². The third-order valence-electron chi connectivity index (χ3n) is 3.74. The SMILES string of the molecule is CC1CCC(CNC(C(N)=O)C(C)C)CC1. The molecule has 1 atom stereocenters. The summed E-state index contributed by atoms with van der Waals surface area (Å²) in [6.07, 6.45) is 5.24. The Bertz CT molecular complexity index is 220. The number of carbonyl (C=O) groups excluding carboxylic acids is 1. The van der Waals surface area contributed by atoms with Gasteiger partial charge in [0.25, 0.3) is 0 Å². The molecule has 1 rings (SSSR count). The zero-order valence-corrected chi connectivity index (χ0v) is 10.8. The zero-order valence-electron chi connectivity index (χ0n) is 10.8. The summed E-state index contributed by atoms with van der Waals surface area (Å²) in [5.41, 5.74) is 5.37. The van der Waals surface area contributed by atoms with Crippen molar-refractivity contribution >= 4 is 5.91 Å². The largest absolute Gasteiger partial charge is 0.368 e.